The quantitative estimate of drug-likeness (QED) is 0.907. The van der Waals surface area contributed by atoms with Gasteiger partial charge in [0.1, 0.15) is 0 Å². The summed E-state index contributed by atoms with van der Waals surface area (Å²) in [7, 11) is 0. The van der Waals surface area contributed by atoms with Gasteiger partial charge in [-0.2, -0.15) is 0 Å². The van der Waals surface area contributed by atoms with Crippen molar-refractivity contribution < 1.29 is 9.53 Å². The van der Waals surface area contributed by atoms with Gasteiger partial charge in [-0.25, -0.2) is 0 Å². The second-order valence-corrected chi connectivity index (χ2v) is 6.80. The van der Waals surface area contributed by atoms with E-state index >= 15 is 0 Å². The molecule has 0 saturated carbocycles. The Balaban J connectivity index is 1.67. The monoisotopic (exact) mass is 316 g/mol. The maximum Gasteiger partial charge on any atom is 0.227 e. The maximum atomic E-state index is 13.0. The van der Waals surface area contributed by atoms with Crippen molar-refractivity contribution in [3.05, 3.63) is 35.9 Å². The van der Waals surface area contributed by atoms with Crippen molar-refractivity contribution in [2.45, 2.75) is 32.2 Å². The molecule has 0 radical (unpaired) electrons. The number of nitrogens with one attached hydrogen (secondary N) is 1. The van der Waals surface area contributed by atoms with E-state index in [9.17, 15) is 4.79 Å². The van der Waals surface area contributed by atoms with Gasteiger partial charge in [-0.15, -0.1) is 0 Å². The van der Waals surface area contributed by atoms with Gasteiger partial charge < -0.3 is 15.0 Å². The lowest BCUT2D eigenvalue weighted by molar-refractivity contribution is -0.138. The molecule has 0 bridgehead atoms. The first-order chi connectivity index (χ1) is 11.3. The normalized spacial score (nSPS) is 22.7. The first kappa shape index (κ1) is 16.5. The second kappa shape index (κ2) is 8.46. The summed E-state index contributed by atoms with van der Waals surface area (Å²) in [6.45, 7) is 5.15. The predicted molar refractivity (Wildman–Crippen MR) is 91.0 cm³/mol. The lowest BCUT2D eigenvalue weighted by Gasteiger charge is -2.33. The van der Waals surface area contributed by atoms with Gasteiger partial charge in [0.15, 0.2) is 0 Å². The van der Waals surface area contributed by atoms with Crippen LogP contribution in [0.3, 0.4) is 0 Å². The zero-order valence-corrected chi connectivity index (χ0v) is 13.9. The van der Waals surface area contributed by atoms with Crippen LogP contribution in [0.2, 0.25) is 0 Å². The lowest BCUT2D eigenvalue weighted by Crippen LogP contribution is -2.45. The number of carbonyl (C=O) groups excluding carboxylic acids is 1. The Hall–Kier alpha value is -1.39. The van der Waals surface area contributed by atoms with Crippen LogP contribution >= 0.6 is 0 Å². The summed E-state index contributed by atoms with van der Waals surface area (Å²) in [5.41, 5.74) is 1.22. The maximum absolute atomic E-state index is 13.0. The summed E-state index contributed by atoms with van der Waals surface area (Å²) in [5.74, 6) is 1.05. The Morgan fingerprint density at radius 1 is 1.17 bits per heavy atom. The van der Waals surface area contributed by atoms with Crippen LogP contribution in [0.4, 0.5) is 0 Å². The second-order valence-electron chi connectivity index (χ2n) is 6.80. The molecule has 4 heteroatoms. The number of carbonyl (C=O) groups is 1. The zero-order valence-electron chi connectivity index (χ0n) is 13.9. The summed E-state index contributed by atoms with van der Waals surface area (Å²) in [5, 5.41) is 3.37. The molecule has 2 saturated heterocycles. The third-order valence-electron chi connectivity index (χ3n) is 4.99. The average Bonchev–Trinajstić information content (AvgIpc) is 2.63. The number of piperidine rings is 1. The van der Waals surface area contributed by atoms with Gasteiger partial charge in [0.2, 0.25) is 5.91 Å². The Kier molecular flexibility index (Phi) is 6.06. The molecule has 0 aliphatic carbocycles. The number of ether oxygens (including phenoxy) is 1. The van der Waals surface area contributed by atoms with Crippen LogP contribution in [-0.2, 0) is 16.1 Å². The fraction of sp³-hybridized carbons (Fsp3) is 0.632. The van der Waals surface area contributed by atoms with Gasteiger partial charge in [-0.05, 0) is 43.7 Å². The van der Waals surface area contributed by atoms with Gasteiger partial charge in [-0.1, -0.05) is 30.3 Å². The molecule has 23 heavy (non-hydrogen) atoms. The highest BCUT2D eigenvalue weighted by Gasteiger charge is 2.28. The van der Waals surface area contributed by atoms with Crippen molar-refractivity contribution in [1.29, 1.82) is 0 Å². The van der Waals surface area contributed by atoms with Crippen molar-refractivity contribution >= 4 is 5.91 Å². The molecule has 0 aromatic heterocycles. The highest BCUT2D eigenvalue weighted by Crippen LogP contribution is 2.21. The highest BCUT2D eigenvalue weighted by molar-refractivity contribution is 5.79. The van der Waals surface area contributed by atoms with E-state index < -0.39 is 0 Å². The number of benzene rings is 1. The van der Waals surface area contributed by atoms with Crippen molar-refractivity contribution in [3.8, 4) is 0 Å². The van der Waals surface area contributed by atoms with Crippen molar-refractivity contribution in [1.82, 2.24) is 10.2 Å². The van der Waals surface area contributed by atoms with Crippen LogP contribution in [0.15, 0.2) is 30.3 Å². The molecule has 2 fully saturated rings. The number of nitrogens with zero attached hydrogens (tertiary/aromatic N) is 1. The molecule has 1 atom stereocenters. The molecule has 4 nitrogen and oxygen atoms in total. The fourth-order valence-corrected chi connectivity index (χ4v) is 3.60. The summed E-state index contributed by atoms with van der Waals surface area (Å²) >= 11 is 0. The Bertz CT molecular complexity index is 479. The molecule has 2 aliphatic rings. The van der Waals surface area contributed by atoms with Crippen LogP contribution in [0.1, 0.15) is 31.2 Å². The third kappa shape index (κ3) is 4.79. The first-order valence-corrected chi connectivity index (χ1v) is 8.94. The van der Waals surface area contributed by atoms with Crippen molar-refractivity contribution in [2.75, 3.05) is 32.8 Å². The van der Waals surface area contributed by atoms with Crippen LogP contribution in [0, 0.1) is 11.8 Å². The van der Waals surface area contributed by atoms with Gasteiger partial charge in [0.25, 0.3) is 0 Å². The smallest absolute Gasteiger partial charge is 0.227 e. The third-order valence-corrected chi connectivity index (χ3v) is 4.99. The molecule has 3 rings (SSSR count). The van der Waals surface area contributed by atoms with Crippen LogP contribution in [0.25, 0.3) is 0 Å². The number of rotatable bonds is 5. The minimum Gasteiger partial charge on any atom is -0.381 e. The van der Waals surface area contributed by atoms with E-state index in [1.165, 1.54) is 5.56 Å². The summed E-state index contributed by atoms with van der Waals surface area (Å²) in [6, 6.07) is 10.4. The molecule has 2 heterocycles. The minimum atomic E-state index is 0.146. The van der Waals surface area contributed by atoms with Gasteiger partial charge in [-0.3, -0.25) is 4.79 Å². The number of amides is 1. The zero-order chi connectivity index (χ0) is 15.9. The largest absolute Gasteiger partial charge is 0.381 e. The molecule has 1 amide bonds. The Morgan fingerprint density at radius 2 is 1.96 bits per heavy atom. The van der Waals surface area contributed by atoms with E-state index in [0.29, 0.717) is 11.8 Å². The number of hydrogen-bond acceptors (Lipinski definition) is 3. The number of hydrogen-bond donors (Lipinski definition) is 1. The van der Waals surface area contributed by atoms with Crippen LogP contribution < -0.4 is 5.32 Å². The summed E-state index contributed by atoms with van der Waals surface area (Å²) < 4.78 is 5.46. The topological polar surface area (TPSA) is 41.6 Å². The van der Waals surface area contributed by atoms with E-state index in [0.717, 1.165) is 65.1 Å². The lowest BCUT2D eigenvalue weighted by atomic mass is 9.95. The molecule has 2 aliphatic heterocycles. The molecule has 1 N–H and O–H groups in total. The van der Waals surface area contributed by atoms with Crippen molar-refractivity contribution in [3.63, 3.8) is 0 Å². The molecule has 0 spiro atoms. The molecule has 126 valence electrons. The summed E-state index contributed by atoms with van der Waals surface area (Å²) in [4.78, 5) is 15.1. The molecule has 1 aromatic carbocycles. The van der Waals surface area contributed by atoms with Gasteiger partial charge in [0, 0.05) is 32.8 Å². The molecular formula is C19H28N2O2. The SMILES string of the molecule is O=C(C1CCCNC1)N(Cc1ccccc1)CC1CCOCC1. The van der Waals surface area contributed by atoms with E-state index in [4.69, 9.17) is 4.74 Å². The minimum absolute atomic E-state index is 0.146. The fourth-order valence-electron chi connectivity index (χ4n) is 3.60. The van der Waals surface area contributed by atoms with E-state index in [-0.39, 0.29) is 5.92 Å². The molecule has 1 aromatic rings. The van der Waals surface area contributed by atoms with E-state index in [2.05, 4.69) is 34.5 Å². The van der Waals surface area contributed by atoms with E-state index in [1.54, 1.807) is 0 Å². The Labute approximate surface area is 139 Å². The standard InChI is InChI=1S/C19H28N2O2/c22-19(18-7-4-10-20-13-18)21(14-16-5-2-1-3-6-16)15-17-8-11-23-12-9-17/h1-3,5-6,17-18,20H,4,7-15H2. The van der Waals surface area contributed by atoms with Gasteiger partial charge >= 0.3 is 0 Å². The van der Waals surface area contributed by atoms with Crippen LogP contribution in [0.5, 0.6) is 0 Å². The predicted octanol–water partition coefficient (Wildman–Crippen LogP) is 2.44. The Morgan fingerprint density at radius 3 is 2.65 bits per heavy atom. The van der Waals surface area contributed by atoms with E-state index in [1.807, 2.05) is 6.07 Å². The summed E-state index contributed by atoms with van der Waals surface area (Å²) in [6.07, 6.45) is 4.26. The molecule has 1 unspecified atom stereocenters. The highest BCUT2D eigenvalue weighted by atomic mass is 16.5. The van der Waals surface area contributed by atoms with Crippen molar-refractivity contribution in [2.24, 2.45) is 11.8 Å². The molecular weight excluding hydrogens is 288 g/mol. The average molecular weight is 316 g/mol. The van der Waals surface area contributed by atoms with Gasteiger partial charge in [0.05, 0.1) is 5.92 Å². The van der Waals surface area contributed by atoms with Crippen LogP contribution in [-0.4, -0.2) is 43.7 Å². The first-order valence-electron chi connectivity index (χ1n) is 8.94.